The Hall–Kier alpha value is 0.560. The minimum Gasteiger partial charge on any atom is -0.210 e. The maximum absolute atomic E-state index is 12.1. The lowest BCUT2D eigenvalue weighted by atomic mass is 9.98. The van der Waals surface area contributed by atoms with Gasteiger partial charge in [-0.05, 0) is 13.8 Å². The third-order valence-electron chi connectivity index (χ3n) is 1.71. The predicted octanol–water partition coefficient (Wildman–Crippen LogP) is 3.24. The molecule has 4 heteroatoms. The van der Waals surface area contributed by atoms with Gasteiger partial charge in [0, 0.05) is 10.7 Å². The average Bonchev–Trinajstić information content (AvgIpc) is 1.86. The van der Waals surface area contributed by atoms with E-state index in [0.29, 0.717) is 0 Å². The molecule has 0 aromatic rings. The Morgan fingerprint density at radius 2 is 1.80 bits per heavy atom. The SMILES string of the molecule is CC(C(F)F)C(C)(C)SS. The molecule has 0 rings (SSSR count). The van der Waals surface area contributed by atoms with Crippen molar-refractivity contribution in [2.24, 2.45) is 5.92 Å². The van der Waals surface area contributed by atoms with Gasteiger partial charge in [-0.3, -0.25) is 0 Å². The molecule has 62 valence electrons. The molecular weight excluding hydrogens is 174 g/mol. The zero-order valence-corrected chi connectivity index (χ0v) is 7.98. The first kappa shape index (κ1) is 10.6. The maximum Gasteiger partial charge on any atom is 0.242 e. The lowest BCUT2D eigenvalue weighted by molar-refractivity contribution is 0.0717. The van der Waals surface area contributed by atoms with Crippen LogP contribution in [0.2, 0.25) is 0 Å². The van der Waals surface area contributed by atoms with Crippen LogP contribution in [0.5, 0.6) is 0 Å². The van der Waals surface area contributed by atoms with Gasteiger partial charge >= 0.3 is 0 Å². The van der Waals surface area contributed by atoms with Crippen LogP contribution in [0.4, 0.5) is 8.78 Å². The van der Waals surface area contributed by atoms with E-state index in [-0.39, 0.29) is 0 Å². The van der Waals surface area contributed by atoms with Gasteiger partial charge in [0.05, 0.1) is 0 Å². The van der Waals surface area contributed by atoms with Gasteiger partial charge in [0.15, 0.2) is 0 Å². The van der Waals surface area contributed by atoms with Crippen LogP contribution in [0.15, 0.2) is 0 Å². The monoisotopic (exact) mass is 186 g/mol. The van der Waals surface area contributed by atoms with Gasteiger partial charge in [0.2, 0.25) is 6.43 Å². The summed E-state index contributed by atoms with van der Waals surface area (Å²) in [7, 11) is 1.18. The van der Waals surface area contributed by atoms with E-state index >= 15 is 0 Å². The van der Waals surface area contributed by atoms with Gasteiger partial charge in [-0.2, -0.15) is 0 Å². The molecule has 0 N–H and O–H groups in total. The van der Waals surface area contributed by atoms with Gasteiger partial charge in [-0.25, -0.2) is 8.78 Å². The van der Waals surface area contributed by atoms with E-state index in [4.69, 9.17) is 0 Å². The van der Waals surface area contributed by atoms with Crippen molar-refractivity contribution < 1.29 is 8.78 Å². The highest BCUT2D eigenvalue weighted by molar-refractivity contribution is 8.69. The molecule has 0 aromatic heterocycles. The maximum atomic E-state index is 12.1. The molecule has 0 saturated carbocycles. The van der Waals surface area contributed by atoms with Crippen molar-refractivity contribution in [3.63, 3.8) is 0 Å². The Morgan fingerprint density at radius 1 is 1.40 bits per heavy atom. The predicted molar refractivity (Wildman–Crippen MR) is 45.8 cm³/mol. The van der Waals surface area contributed by atoms with E-state index < -0.39 is 17.1 Å². The summed E-state index contributed by atoms with van der Waals surface area (Å²) < 4.78 is 23.7. The molecule has 10 heavy (non-hydrogen) atoms. The van der Waals surface area contributed by atoms with Gasteiger partial charge < -0.3 is 0 Å². The molecule has 0 heterocycles. The minimum absolute atomic E-state index is 0.447. The van der Waals surface area contributed by atoms with Crippen LogP contribution in [0, 0.1) is 5.92 Å². The molecule has 0 nitrogen and oxygen atoms in total. The second-order valence-corrected chi connectivity index (χ2v) is 4.60. The molecule has 0 spiro atoms. The highest BCUT2D eigenvalue weighted by Gasteiger charge is 2.32. The van der Waals surface area contributed by atoms with Crippen molar-refractivity contribution in [2.45, 2.75) is 31.9 Å². The highest BCUT2D eigenvalue weighted by Crippen LogP contribution is 2.37. The fraction of sp³-hybridized carbons (Fsp3) is 1.00. The normalized spacial score (nSPS) is 15.9. The Bertz CT molecular complexity index is 104. The summed E-state index contributed by atoms with van der Waals surface area (Å²) in [6.45, 7) is 5.07. The number of hydrogen-bond acceptors (Lipinski definition) is 2. The summed E-state index contributed by atoms with van der Waals surface area (Å²) in [5.41, 5.74) is 0. The lowest BCUT2D eigenvalue weighted by Crippen LogP contribution is -2.29. The van der Waals surface area contributed by atoms with E-state index in [9.17, 15) is 8.78 Å². The van der Waals surface area contributed by atoms with Gasteiger partial charge in [0.25, 0.3) is 0 Å². The first-order chi connectivity index (χ1) is 4.41. The number of halogens is 2. The van der Waals surface area contributed by atoms with E-state index in [1.54, 1.807) is 13.8 Å². The second-order valence-electron chi connectivity index (χ2n) is 2.82. The van der Waals surface area contributed by atoms with Crippen LogP contribution in [0.1, 0.15) is 20.8 Å². The average molecular weight is 186 g/mol. The summed E-state index contributed by atoms with van der Waals surface area (Å²) >= 11 is 3.92. The molecule has 0 aromatic carbocycles. The Balaban J connectivity index is 4.03. The smallest absolute Gasteiger partial charge is 0.210 e. The Morgan fingerprint density at radius 3 is 1.90 bits per heavy atom. The summed E-state index contributed by atoms with van der Waals surface area (Å²) in [5.74, 6) is -0.616. The summed E-state index contributed by atoms with van der Waals surface area (Å²) in [6.07, 6.45) is -2.25. The summed E-state index contributed by atoms with van der Waals surface area (Å²) in [6, 6.07) is 0. The van der Waals surface area contributed by atoms with Crippen molar-refractivity contribution in [3.8, 4) is 0 Å². The fourth-order valence-electron chi connectivity index (χ4n) is 0.387. The largest absolute Gasteiger partial charge is 0.242 e. The van der Waals surface area contributed by atoms with Crippen LogP contribution in [-0.4, -0.2) is 11.2 Å². The van der Waals surface area contributed by atoms with Crippen LogP contribution in [0.25, 0.3) is 0 Å². The molecular formula is C6H12F2S2. The molecule has 1 atom stereocenters. The summed E-state index contributed by atoms with van der Waals surface area (Å²) in [5, 5.41) is 0. The molecule has 0 radical (unpaired) electrons. The second kappa shape index (κ2) is 3.81. The molecule has 0 fully saturated rings. The molecule has 0 aliphatic heterocycles. The van der Waals surface area contributed by atoms with Crippen molar-refractivity contribution in [1.82, 2.24) is 0 Å². The standard InChI is InChI=1S/C6H12F2S2/c1-4(5(7)8)6(2,3)10-9/h4-5,9H,1-3H3. The van der Waals surface area contributed by atoms with E-state index in [1.165, 1.54) is 17.7 Å². The summed E-state index contributed by atoms with van der Waals surface area (Å²) in [4.78, 5) is 0. The molecule has 1 unspecified atom stereocenters. The van der Waals surface area contributed by atoms with Crippen molar-refractivity contribution >= 4 is 22.5 Å². The zero-order valence-electron chi connectivity index (χ0n) is 6.27. The Kier molecular flexibility index (Phi) is 4.02. The van der Waals surface area contributed by atoms with Crippen LogP contribution in [0.3, 0.4) is 0 Å². The molecule has 0 saturated heterocycles. The minimum atomic E-state index is -2.25. The van der Waals surface area contributed by atoms with Crippen molar-refractivity contribution in [1.29, 1.82) is 0 Å². The van der Waals surface area contributed by atoms with E-state index in [1.807, 2.05) is 0 Å². The first-order valence-corrected chi connectivity index (χ1v) is 4.89. The third-order valence-corrected chi connectivity index (χ3v) is 3.96. The number of thiol groups is 1. The van der Waals surface area contributed by atoms with Gasteiger partial charge in [-0.1, -0.05) is 17.7 Å². The van der Waals surface area contributed by atoms with Crippen LogP contribution >= 0.6 is 22.5 Å². The quantitative estimate of drug-likeness (QED) is 0.521. The lowest BCUT2D eigenvalue weighted by Gasteiger charge is -2.27. The van der Waals surface area contributed by atoms with Crippen molar-refractivity contribution in [2.75, 3.05) is 0 Å². The van der Waals surface area contributed by atoms with Crippen LogP contribution < -0.4 is 0 Å². The number of hydrogen-bond donors (Lipinski definition) is 1. The number of alkyl halides is 2. The molecule has 0 bridgehead atoms. The zero-order chi connectivity index (χ0) is 8.36. The van der Waals surface area contributed by atoms with E-state index in [2.05, 4.69) is 11.7 Å². The first-order valence-electron chi connectivity index (χ1n) is 3.02. The molecule has 0 aliphatic carbocycles. The van der Waals surface area contributed by atoms with Gasteiger partial charge in [-0.15, -0.1) is 11.7 Å². The third kappa shape index (κ3) is 2.66. The number of rotatable bonds is 3. The highest BCUT2D eigenvalue weighted by atomic mass is 33.1. The Labute approximate surface area is 69.6 Å². The molecule has 0 amide bonds. The van der Waals surface area contributed by atoms with E-state index in [0.717, 1.165) is 0 Å². The van der Waals surface area contributed by atoms with Crippen LogP contribution in [-0.2, 0) is 0 Å². The topological polar surface area (TPSA) is 0 Å². The van der Waals surface area contributed by atoms with Gasteiger partial charge in [0.1, 0.15) is 0 Å². The molecule has 0 aliphatic rings. The van der Waals surface area contributed by atoms with Crippen molar-refractivity contribution in [3.05, 3.63) is 0 Å². The fourth-order valence-corrected chi connectivity index (χ4v) is 1.15.